The summed E-state index contributed by atoms with van der Waals surface area (Å²) in [5, 5.41) is 0. The average molecular weight is 207 g/mol. The van der Waals surface area contributed by atoms with Crippen molar-refractivity contribution >= 4 is 0 Å². The van der Waals surface area contributed by atoms with Gasteiger partial charge >= 0.3 is 0 Å². The Morgan fingerprint density at radius 3 is 2.60 bits per heavy atom. The quantitative estimate of drug-likeness (QED) is 0.691. The molecule has 0 saturated heterocycles. The number of rotatable bonds is 7. The minimum absolute atomic E-state index is 0.798. The first-order chi connectivity index (χ1) is 7.36. The molecule has 0 aromatic carbocycles. The number of nitrogens with two attached hydrogens (primary N) is 1. The molecule has 0 bridgehead atoms. The molecule has 0 aliphatic carbocycles. The standard InChI is InChI=1S/C12H21N3/c1-2-15(10-4-3-7-13)11-12-5-8-14-9-6-12/h5-6,8-9H,2-4,7,10-11,13H2,1H3. The molecule has 1 rings (SSSR count). The van der Waals surface area contributed by atoms with Gasteiger partial charge in [-0.15, -0.1) is 0 Å². The summed E-state index contributed by atoms with van der Waals surface area (Å²) in [6.45, 7) is 6.24. The van der Waals surface area contributed by atoms with Gasteiger partial charge in [0.05, 0.1) is 0 Å². The highest BCUT2D eigenvalue weighted by molar-refractivity contribution is 5.09. The first-order valence-corrected chi connectivity index (χ1v) is 5.68. The second-order valence-electron chi connectivity index (χ2n) is 3.72. The molecule has 2 N–H and O–H groups in total. The third kappa shape index (κ3) is 4.91. The van der Waals surface area contributed by atoms with E-state index < -0.39 is 0 Å². The molecule has 0 radical (unpaired) electrons. The lowest BCUT2D eigenvalue weighted by Crippen LogP contribution is -2.24. The van der Waals surface area contributed by atoms with Crippen molar-refractivity contribution in [2.24, 2.45) is 5.73 Å². The van der Waals surface area contributed by atoms with Crippen LogP contribution in [0.15, 0.2) is 24.5 Å². The monoisotopic (exact) mass is 207 g/mol. The van der Waals surface area contributed by atoms with Crippen LogP contribution < -0.4 is 5.73 Å². The van der Waals surface area contributed by atoms with Crippen molar-refractivity contribution in [3.63, 3.8) is 0 Å². The zero-order valence-electron chi connectivity index (χ0n) is 9.52. The Labute approximate surface area is 92.3 Å². The summed E-state index contributed by atoms with van der Waals surface area (Å²) in [5.74, 6) is 0. The van der Waals surface area contributed by atoms with E-state index in [9.17, 15) is 0 Å². The molecule has 0 amide bonds. The van der Waals surface area contributed by atoms with Gasteiger partial charge in [0.2, 0.25) is 0 Å². The highest BCUT2D eigenvalue weighted by Gasteiger charge is 2.02. The molecular formula is C12H21N3. The number of hydrogen-bond donors (Lipinski definition) is 1. The van der Waals surface area contributed by atoms with Gasteiger partial charge in [0.25, 0.3) is 0 Å². The smallest absolute Gasteiger partial charge is 0.0271 e. The maximum atomic E-state index is 5.48. The Morgan fingerprint density at radius 2 is 2.00 bits per heavy atom. The maximum Gasteiger partial charge on any atom is 0.0271 e. The Kier molecular flexibility index (Phi) is 5.97. The number of aromatic nitrogens is 1. The maximum absolute atomic E-state index is 5.48. The molecule has 0 aliphatic heterocycles. The van der Waals surface area contributed by atoms with Crippen molar-refractivity contribution in [3.8, 4) is 0 Å². The van der Waals surface area contributed by atoms with Crippen LogP contribution in [0.25, 0.3) is 0 Å². The van der Waals surface area contributed by atoms with E-state index in [2.05, 4.69) is 28.9 Å². The van der Waals surface area contributed by atoms with E-state index in [0.717, 1.165) is 32.6 Å². The molecule has 1 heterocycles. The Bertz CT molecular complexity index is 248. The predicted octanol–water partition coefficient (Wildman–Crippen LogP) is 1.64. The molecule has 15 heavy (non-hydrogen) atoms. The van der Waals surface area contributed by atoms with Crippen molar-refractivity contribution in [2.45, 2.75) is 26.3 Å². The van der Waals surface area contributed by atoms with Gasteiger partial charge in [-0.1, -0.05) is 6.92 Å². The minimum Gasteiger partial charge on any atom is -0.330 e. The third-order valence-corrected chi connectivity index (χ3v) is 2.53. The zero-order valence-corrected chi connectivity index (χ0v) is 9.52. The summed E-state index contributed by atoms with van der Waals surface area (Å²) in [4.78, 5) is 6.45. The second-order valence-corrected chi connectivity index (χ2v) is 3.72. The minimum atomic E-state index is 0.798. The second kappa shape index (κ2) is 7.37. The van der Waals surface area contributed by atoms with Crippen molar-refractivity contribution in [1.82, 2.24) is 9.88 Å². The van der Waals surface area contributed by atoms with Gasteiger partial charge in [0.1, 0.15) is 0 Å². The summed E-state index contributed by atoms with van der Waals surface area (Å²) in [5.41, 5.74) is 6.81. The van der Waals surface area contributed by atoms with Gasteiger partial charge in [-0.05, 0) is 50.2 Å². The van der Waals surface area contributed by atoms with E-state index >= 15 is 0 Å². The van der Waals surface area contributed by atoms with Gasteiger partial charge in [-0.25, -0.2) is 0 Å². The summed E-state index contributed by atoms with van der Waals surface area (Å²) in [7, 11) is 0. The lowest BCUT2D eigenvalue weighted by molar-refractivity contribution is 0.274. The third-order valence-electron chi connectivity index (χ3n) is 2.53. The molecule has 0 unspecified atom stereocenters. The van der Waals surface area contributed by atoms with Crippen LogP contribution in [0.5, 0.6) is 0 Å². The number of pyridine rings is 1. The van der Waals surface area contributed by atoms with Crippen LogP contribution in [0, 0.1) is 0 Å². The van der Waals surface area contributed by atoms with E-state index in [4.69, 9.17) is 5.73 Å². The van der Waals surface area contributed by atoms with E-state index in [1.807, 2.05) is 12.4 Å². The Morgan fingerprint density at radius 1 is 1.27 bits per heavy atom. The molecular weight excluding hydrogens is 186 g/mol. The van der Waals surface area contributed by atoms with Gasteiger partial charge < -0.3 is 5.73 Å². The van der Waals surface area contributed by atoms with Crippen molar-refractivity contribution < 1.29 is 0 Å². The molecule has 0 saturated carbocycles. The molecule has 0 aliphatic rings. The Balaban J connectivity index is 2.33. The van der Waals surface area contributed by atoms with Crippen LogP contribution in [0.2, 0.25) is 0 Å². The van der Waals surface area contributed by atoms with E-state index in [0.29, 0.717) is 0 Å². The first-order valence-electron chi connectivity index (χ1n) is 5.68. The number of nitrogens with zero attached hydrogens (tertiary/aromatic N) is 2. The SMILES string of the molecule is CCN(CCCCN)Cc1ccncc1. The molecule has 0 fully saturated rings. The first kappa shape index (κ1) is 12.1. The highest BCUT2D eigenvalue weighted by Crippen LogP contribution is 2.04. The van der Waals surface area contributed by atoms with E-state index in [1.54, 1.807) is 0 Å². The largest absolute Gasteiger partial charge is 0.330 e. The normalized spacial score (nSPS) is 10.9. The fourth-order valence-electron chi connectivity index (χ4n) is 1.58. The van der Waals surface area contributed by atoms with Crippen molar-refractivity contribution in [3.05, 3.63) is 30.1 Å². The van der Waals surface area contributed by atoms with Crippen molar-refractivity contribution in [2.75, 3.05) is 19.6 Å². The summed E-state index contributed by atoms with van der Waals surface area (Å²) >= 11 is 0. The fraction of sp³-hybridized carbons (Fsp3) is 0.583. The van der Waals surface area contributed by atoms with Gasteiger partial charge in [-0.2, -0.15) is 0 Å². The zero-order chi connectivity index (χ0) is 10.9. The molecule has 3 heteroatoms. The van der Waals surface area contributed by atoms with Crippen LogP contribution in [0.4, 0.5) is 0 Å². The number of hydrogen-bond acceptors (Lipinski definition) is 3. The van der Waals surface area contributed by atoms with Gasteiger partial charge in [0, 0.05) is 18.9 Å². The molecule has 1 aromatic heterocycles. The molecule has 3 nitrogen and oxygen atoms in total. The summed E-state index contributed by atoms with van der Waals surface area (Å²) in [6.07, 6.45) is 6.01. The molecule has 1 aromatic rings. The summed E-state index contributed by atoms with van der Waals surface area (Å²) < 4.78 is 0. The molecule has 0 atom stereocenters. The summed E-state index contributed by atoms with van der Waals surface area (Å²) in [6, 6.07) is 4.15. The Hall–Kier alpha value is -0.930. The number of unbranched alkanes of at least 4 members (excludes halogenated alkanes) is 1. The topological polar surface area (TPSA) is 42.1 Å². The van der Waals surface area contributed by atoms with Crippen LogP contribution in [-0.2, 0) is 6.54 Å². The fourth-order valence-corrected chi connectivity index (χ4v) is 1.58. The van der Waals surface area contributed by atoms with E-state index in [1.165, 1.54) is 12.0 Å². The van der Waals surface area contributed by atoms with Crippen LogP contribution >= 0.6 is 0 Å². The molecule has 84 valence electrons. The lowest BCUT2D eigenvalue weighted by atomic mass is 10.2. The average Bonchev–Trinajstić information content (AvgIpc) is 2.29. The highest BCUT2D eigenvalue weighted by atomic mass is 15.1. The van der Waals surface area contributed by atoms with Crippen LogP contribution in [0.1, 0.15) is 25.3 Å². The van der Waals surface area contributed by atoms with Gasteiger partial charge in [-0.3, -0.25) is 9.88 Å². The molecule has 0 spiro atoms. The van der Waals surface area contributed by atoms with Gasteiger partial charge in [0.15, 0.2) is 0 Å². The predicted molar refractivity (Wildman–Crippen MR) is 63.5 cm³/mol. The lowest BCUT2D eigenvalue weighted by Gasteiger charge is -2.20. The van der Waals surface area contributed by atoms with Crippen LogP contribution in [-0.4, -0.2) is 29.5 Å². The van der Waals surface area contributed by atoms with Crippen LogP contribution in [0.3, 0.4) is 0 Å². The van der Waals surface area contributed by atoms with Crippen molar-refractivity contribution in [1.29, 1.82) is 0 Å². The van der Waals surface area contributed by atoms with E-state index in [-0.39, 0.29) is 0 Å².